The van der Waals surface area contributed by atoms with E-state index in [0.717, 1.165) is 5.82 Å². The van der Waals surface area contributed by atoms with E-state index in [2.05, 4.69) is 15.3 Å². The number of anilines is 1. The molecule has 1 aromatic carbocycles. The molecule has 0 saturated carbocycles. The van der Waals surface area contributed by atoms with Crippen molar-refractivity contribution < 1.29 is 4.79 Å². The van der Waals surface area contributed by atoms with E-state index in [1.54, 1.807) is 35.4 Å². The Balaban J connectivity index is 1.58. The fraction of sp³-hybridized carbons (Fsp3) is 0.214. The number of benzene rings is 1. The number of carbonyl (C=O) groups excluding carboxylic acids is 1. The average molecular weight is 323 g/mol. The Morgan fingerprint density at radius 3 is 2.71 bits per heavy atom. The molecular formula is C14H12Cl2N4O. The molecule has 108 valence electrons. The molecule has 3 rings (SSSR count). The number of hydrogen-bond donors (Lipinski definition) is 1. The molecule has 2 heterocycles. The largest absolute Gasteiger partial charge is 0.364 e. The predicted molar refractivity (Wildman–Crippen MR) is 81.8 cm³/mol. The minimum absolute atomic E-state index is 0.0469. The monoisotopic (exact) mass is 322 g/mol. The number of aromatic nitrogens is 2. The number of hydrogen-bond acceptors (Lipinski definition) is 4. The summed E-state index contributed by atoms with van der Waals surface area (Å²) in [4.78, 5) is 22.0. The molecule has 1 N–H and O–H groups in total. The van der Waals surface area contributed by atoms with Gasteiger partial charge in [0.1, 0.15) is 12.1 Å². The fourth-order valence-corrected chi connectivity index (χ4v) is 2.43. The van der Waals surface area contributed by atoms with Crippen LogP contribution in [-0.2, 0) is 0 Å². The summed E-state index contributed by atoms with van der Waals surface area (Å²) >= 11 is 11.8. The van der Waals surface area contributed by atoms with Crippen molar-refractivity contribution in [2.24, 2.45) is 0 Å². The Morgan fingerprint density at radius 1 is 1.24 bits per heavy atom. The van der Waals surface area contributed by atoms with Gasteiger partial charge in [0.25, 0.3) is 5.91 Å². The highest BCUT2D eigenvalue weighted by Gasteiger charge is 2.31. The first-order valence-corrected chi connectivity index (χ1v) is 7.16. The number of amides is 1. The second-order valence-corrected chi connectivity index (χ2v) is 5.59. The van der Waals surface area contributed by atoms with Gasteiger partial charge in [0, 0.05) is 24.8 Å². The molecule has 0 spiro atoms. The zero-order valence-electron chi connectivity index (χ0n) is 11.0. The van der Waals surface area contributed by atoms with Crippen LogP contribution in [0.15, 0.2) is 36.8 Å². The highest BCUT2D eigenvalue weighted by molar-refractivity contribution is 6.42. The molecule has 1 aliphatic heterocycles. The van der Waals surface area contributed by atoms with Crippen LogP contribution in [0, 0.1) is 0 Å². The van der Waals surface area contributed by atoms with Crippen LogP contribution in [0.25, 0.3) is 0 Å². The Labute approximate surface area is 131 Å². The Morgan fingerprint density at radius 2 is 2.05 bits per heavy atom. The third-order valence-electron chi connectivity index (χ3n) is 3.27. The molecular weight excluding hydrogens is 311 g/mol. The highest BCUT2D eigenvalue weighted by Crippen LogP contribution is 2.24. The molecule has 1 fully saturated rings. The van der Waals surface area contributed by atoms with Crippen LogP contribution >= 0.6 is 23.2 Å². The highest BCUT2D eigenvalue weighted by atomic mass is 35.5. The topological polar surface area (TPSA) is 58.1 Å². The first-order valence-electron chi connectivity index (χ1n) is 6.40. The number of likely N-dealkylation sites (tertiary alicyclic amines) is 1. The van der Waals surface area contributed by atoms with Crippen LogP contribution in [0.3, 0.4) is 0 Å². The van der Waals surface area contributed by atoms with Crippen molar-refractivity contribution in [3.05, 3.63) is 52.4 Å². The van der Waals surface area contributed by atoms with Crippen LogP contribution in [-0.4, -0.2) is 39.9 Å². The lowest BCUT2D eigenvalue weighted by Gasteiger charge is -2.39. The van der Waals surface area contributed by atoms with Gasteiger partial charge in [0.15, 0.2) is 0 Å². The van der Waals surface area contributed by atoms with E-state index >= 15 is 0 Å². The second-order valence-electron chi connectivity index (χ2n) is 4.77. The summed E-state index contributed by atoms with van der Waals surface area (Å²) in [6.45, 7) is 1.26. The summed E-state index contributed by atoms with van der Waals surface area (Å²) in [6.07, 6.45) is 3.16. The number of nitrogens with one attached hydrogen (secondary N) is 1. The van der Waals surface area contributed by atoms with Crippen molar-refractivity contribution in [3.8, 4) is 0 Å². The quantitative estimate of drug-likeness (QED) is 0.944. The molecule has 0 aliphatic carbocycles. The normalized spacial score (nSPS) is 14.7. The third-order valence-corrected chi connectivity index (χ3v) is 4.01. The molecule has 0 atom stereocenters. The molecule has 0 radical (unpaired) electrons. The fourth-order valence-electron chi connectivity index (χ4n) is 2.13. The number of nitrogens with zero attached hydrogens (tertiary/aromatic N) is 3. The van der Waals surface area contributed by atoms with Gasteiger partial charge < -0.3 is 10.2 Å². The van der Waals surface area contributed by atoms with Crippen molar-refractivity contribution >= 4 is 34.9 Å². The lowest BCUT2D eigenvalue weighted by Crippen LogP contribution is -2.57. The van der Waals surface area contributed by atoms with E-state index in [4.69, 9.17) is 23.2 Å². The van der Waals surface area contributed by atoms with Gasteiger partial charge >= 0.3 is 0 Å². The molecule has 0 unspecified atom stereocenters. The van der Waals surface area contributed by atoms with Gasteiger partial charge in [-0.05, 0) is 24.3 Å². The molecule has 2 aromatic rings. The minimum atomic E-state index is -0.0469. The molecule has 21 heavy (non-hydrogen) atoms. The van der Waals surface area contributed by atoms with Crippen molar-refractivity contribution in [2.45, 2.75) is 6.04 Å². The van der Waals surface area contributed by atoms with E-state index in [0.29, 0.717) is 28.7 Å². The summed E-state index contributed by atoms with van der Waals surface area (Å²) in [5, 5.41) is 4.08. The number of rotatable bonds is 3. The molecule has 1 aromatic heterocycles. The van der Waals surface area contributed by atoms with Crippen LogP contribution in [0.4, 0.5) is 5.82 Å². The third kappa shape index (κ3) is 3.09. The van der Waals surface area contributed by atoms with Crippen molar-refractivity contribution in [3.63, 3.8) is 0 Å². The maximum atomic E-state index is 12.3. The summed E-state index contributed by atoms with van der Waals surface area (Å²) in [5.74, 6) is 0.714. The maximum Gasteiger partial charge on any atom is 0.254 e. The summed E-state index contributed by atoms with van der Waals surface area (Å²) in [6, 6.07) is 6.91. The van der Waals surface area contributed by atoms with E-state index in [1.807, 2.05) is 0 Å². The number of carbonyl (C=O) groups is 1. The van der Waals surface area contributed by atoms with Crippen molar-refractivity contribution in [1.29, 1.82) is 0 Å². The Kier molecular flexibility index (Phi) is 3.94. The van der Waals surface area contributed by atoms with Crippen LogP contribution in [0.5, 0.6) is 0 Å². The Bertz CT molecular complexity index is 659. The lowest BCUT2D eigenvalue weighted by molar-refractivity contribution is 0.0625. The molecule has 1 aliphatic rings. The maximum absolute atomic E-state index is 12.3. The first-order chi connectivity index (χ1) is 10.1. The summed E-state index contributed by atoms with van der Waals surface area (Å²) < 4.78 is 0. The van der Waals surface area contributed by atoms with E-state index in [1.165, 1.54) is 6.33 Å². The van der Waals surface area contributed by atoms with E-state index in [9.17, 15) is 4.79 Å². The van der Waals surface area contributed by atoms with Gasteiger partial charge in [0.05, 0.1) is 16.1 Å². The molecule has 5 nitrogen and oxygen atoms in total. The van der Waals surface area contributed by atoms with E-state index < -0.39 is 0 Å². The van der Waals surface area contributed by atoms with Crippen molar-refractivity contribution in [1.82, 2.24) is 14.9 Å². The predicted octanol–water partition coefficient (Wildman–Crippen LogP) is 2.72. The smallest absolute Gasteiger partial charge is 0.254 e. The van der Waals surface area contributed by atoms with Crippen LogP contribution in [0.1, 0.15) is 10.4 Å². The SMILES string of the molecule is O=C(c1ccc(Cl)c(Cl)c1)N1CC(Nc2ccncn2)C1. The molecule has 7 heteroatoms. The lowest BCUT2D eigenvalue weighted by atomic mass is 10.1. The summed E-state index contributed by atoms with van der Waals surface area (Å²) in [5.41, 5.74) is 0.546. The molecule has 1 saturated heterocycles. The Hall–Kier alpha value is -1.85. The van der Waals surface area contributed by atoms with Crippen LogP contribution in [0.2, 0.25) is 10.0 Å². The average Bonchev–Trinajstić information content (AvgIpc) is 2.46. The van der Waals surface area contributed by atoms with Gasteiger partial charge in [-0.3, -0.25) is 4.79 Å². The zero-order valence-corrected chi connectivity index (χ0v) is 12.5. The van der Waals surface area contributed by atoms with Gasteiger partial charge in [-0.2, -0.15) is 0 Å². The van der Waals surface area contributed by atoms with Gasteiger partial charge in [-0.1, -0.05) is 23.2 Å². The van der Waals surface area contributed by atoms with E-state index in [-0.39, 0.29) is 11.9 Å². The van der Waals surface area contributed by atoms with Crippen molar-refractivity contribution in [2.75, 3.05) is 18.4 Å². The minimum Gasteiger partial charge on any atom is -0.364 e. The van der Waals surface area contributed by atoms with Gasteiger partial charge in [-0.25, -0.2) is 9.97 Å². The van der Waals surface area contributed by atoms with Gasteiger partial charge in [-0.15, -0.1) is 0 Å². The molecule has 0 bridgehead atoms. The first kappa shape index (κ1) is 14.1. The standard InChI is InChI=1S/C14H12Cl2N4O/c15-11-2-1-9(5-12(11)16)14(21)20-6-10(7-20)19-13-3-4-17-8-18-13/h1-5,8,10H,6-7H2,(H,17,18,19). The number of halogens is 2. The molecule has 1 amide bonds. The zero-order chi connectivity index (χ0) is 14.8. The van der Waals surface area contributed by atoms with Gasteiger partial charge in [0.2, 0.25) is 0 Å². The second kappa shape index (κ2) is 5.87. The summed E-state index contributed by atoms with van der Waals surface area (Å²) in [7, 11) is 0. The van der Waals surface area contributed by atoms with Crippen LogP contribution < -0.4 is 5.32 Å².